The van der Waals surface area contributed by atoms with Gasteiger partial charge in [0.15, 0.2) is 9.84 Å². The number of sulfone groups is 1. The minimum atomic E-state index is -3.32. The van der Waals surface area contributed by atoms with E-state index in [9.17, 15) is 28.2 Å². The Morgan fingerprint density at radius 2 is 1.70 bits per heavy atom. The van der Waals surface area contributed by atoms with E-state index in [1.54, 1.807) is 12.1 Å². The van der Waals surface area contributed by atoms with Gasteiger partial charge in [0.05, 0.1) is 17.4 Å². The molecule has 2 N–H and O–H groups in total. The standard InChI is InChI=1S/C22H25NO6S/c1-30(28,29)18-9-7-16(8-10-18)13-20(25)23-12-11-19(24)22(15-23,21(26)27)14-17-5-3-2-4-6-17/h2-10,19,24H,11-15H2,1H3,(H,26,27)/t19-,22-/m0/s1. The number of aliphatic carboxylic acids is 1. The molecule has 0 aliphatic carbocycles. The second-order valence-electron chi connectivity index (χ2n) is 7.84. The third kappa shape index (κ3) is 4.71. The van der Waals surface area contributed by atoms with Gasteiger partial charge in [-0.05, 0) is 36.1 Å². The number of carboxylic acid groups (broad SMARTS) is 1. The van der Waals surface area contributed by atoms with E-state index in [1.807, 2.05) is 30.3 Å². The number of aliphatic hydroxyl groups is 1. The minimum Gasteiger partial charge on any atom is -0.481 e. The monoisotopic (exact) mass is 431 g/mol. The molecule has 0 aromatic heterocycles. The van der Waals surface area contributed by atoms with Crippen molar-refractivity contribution in [3.05, 3.63) is 65.7 Å². The first kappa shape index (κ1) is 22.0. The molecule has 0 spiro atoms. The van der Waals surface area contributed by atoms with Crippen molar-refractivity contribution in [3.8, 4) is 0 Å². The van der Waals surface area contributed by atoms with E-state index in [0.717, 1.165) is 11.8 Å². The van der Waals surface area contributed by atoms with Gasteiger partial charge in [-0.25, -0.2) is 8.42 Å². The number of hydrogen-bond acceptors (Lipinski definition) is 5. The zero-order valence-electron chi connectivity index (χ0n) is 16.7. The summed E-state index contributed by atoms with van der Waals surface area (Å²) in [5.41, 5.74) is -0.0535. The molecule has 3 rings (SSSR count). The molecule has 0 unspecified atom stereocenters. The average Bonchev–Trinajstić information content (AvgIpc) is 2.70. The Kier molecular flexibility index (Phi) is 6.28. The molecule has 1 saturated heterocycles. The zero-order valence-corrected chi connectivity index (χ0v) is 17.5. The fourth-order valence-corrected chi connectivity index (χ4v) is 4.48. The molecule has 30 heavy (non-hydrogen) atoms. The number of amides is 1. The normalized spacial score (nSPS) is 21.9. The zero-order chi connectivity index (χ0) is 21.9. The van der Waals surface area contributed by atoms with Crippen LogP contribution in [0.5, 0.6) is 0 Å². The Morgan fingerprint density at radius 1 is 1.07 bits per heavy atom. The summed E-state index contributed by atoms with van der Waals surface area (Å²) in [4.78, 5) is 26.7. The molecule has 1 fully saturated rings. The molecule has 0 saturated carbocycles. The van der Waals surface area contributed by atoms with E-state index < -0.39 is 27.3 Å². The molecular weight excluding hydrogens is 406 g/mol. The number of carbonyl (C=O) groups excluding carboxylic acids is 1. The Balaban J connectivity index is 1.77. The van der Waals surface area contributed by atoms with Crippen molar-refractivity contribution >= 4 is 21.7 Å². The first-order valence-electron chi connectivity index (χ1n) is 9.64. The summed E-state index contributed by atoms with van der Waals surface area (Å²) in [6.45, 7) is 0.184. The van der Waals surface area contributed by atoms with Gasteiger partial charge in [0, 0.05) is 19.3 Å². The lowest BCUT2D eigenvalue weighted by molar-refractivity contribution is -0.165. The molecule has 8 heteroatoms. The fourth-order valence-electron chi connectivity index (χ4n) is 3.85. The van der Waals surface area contributed by atoms with Crippen molar-refractivity contribution < 1.29 is 28.2 Å². The summed E-state index contributed by atoms with van der Waals surface area (Å²) in [5.74, 6) is -1.39. The Bertz CT molecular complexity index is 1020. The van der Waals surface area contributed by atoms with E-state index in [4.69, 9.17) is 0 Å². The van der Waals surface area contributed by atoms with Crippen LogP contribution in [0, 0.1) is 5.41 Å². The molecule has 1 aliphatic rings. The number of carboxylic acids is 1. The number of nitrogens with zero attached hydrogens (tertiary/aromatic N) is 1. The highest BCUT2D eigenvalue weighted by Gasteiger charge is 2.50. The van der Waals surface area contributed by atoms with Crippen molar-refractivity contribution in [1.82, 2.24) is 4.90 Å². The molecule has 1 amide bonds. The molecule has 2 aromatic carbocycles. The Hall–Kier alpha value is -2.71. The lowest BCUT2D eigenvalue weighted by atomic mass is 9.72. The first-order chi connectivity index (χ1) is 14.1. The molecule has 0 bridgehead atoms. The summed E-state index contributed by atoms with van der Waals surface area (Å²) in [7, 11) is -3.32. The lowest BCUT2D eigenvalue weighted by Gasteiger charge is -2.43. The predicted octanol–water partition coefficient (Wildman–Crippen LogP) is 1.54. The summed E-state index contributed by atoms with van der Waals surface area (Å²) in [5, 5.41) is 20.5. The first-order valence-corrected chi connectivity index (χ1v) is 11.5. The minimum absolute atomic E-state index is 0.0289. The Morgan fingerprint density at radius 3 is 2.27 bits per heavy atom. The predicted molar refractivity (Wildman–Crippen MR) is 111 cm³/mol. The average molecular weight is 432 g/mol. The quantitative estimate of drug-likeness (QED) is 0.718. The molecule has 160 valence electrons. The molecular formula is C22H25NO6S. The van der Waals surface area contributed by atoms with E-state index in [0.29, 0.717) is 5.56 Å². The molecule has 1 heterocycles. The summed E-state index contributed by atoms with van der Waals surface area (Å²) in [6, 6.07) is 15.1. The van der Waals surface area contributed by atoms with Crippen molar-refractivity contribution in [2.45, 2.75) is 30.3 Å². The van der Waals surface area contributed by atoms with Crippen LogP contribution >= 0.6 is 0 Å². The largest absolute Gasteiger partial charge is 0.481 e. The summed E-state index contributed by atoms with van der Waals surface area (Å²) >= 11 is 0. The number of aliphatic hydroxyl groups excluding tert-OH is 1. The van der Waals surface area contributed by atoms with Gasteiger partial charge in [-0.15, -0.1) is 0 Å². The van der Waals surface area contributed by atoms with Crippen molar-refractivity contribution in [2.75, 3.05) is 19.3 Å². The van der Waals surface area contributed by atoms with Crippen molar-refractivity contribution in [1.29, 1.82) is 0 Å². The summed E-state index contributed by atoms with van der Waals surface area (Å²) < 4.78 is 23.2. The van der Waals surface area contributed by atoms with E-state index in [-0.39, 0.29) is 43.2 Å². The van der Waals surface area contributed by atoms with Crippen LogP contribution in [0.3, 0.4) is 0 Å². The highest BCUT2D eigenvalue weighted by Crippen LogP contribution is 2.35. The van der Waals surface area contributed by atoms with Gasteiger partial charge < -0.3 is 15.1 Å². The number of rotatable bonds is 6. The fraction of sp³-hybridized carbons (Fsp3) is 0.364. The second-order valence-corrected chi connectivity index (χ2v) is 9.85. The molecule has 2 aromatic rings. The number of hydrogen-bond donors (Lipinski definition) is 2. The number of piperidine rings is 1. The van der Waals surface area contributed by atoms with Gasteiger partial charge in [0.1, 0.15) is 5.41 Å². The van der Waals surface area contributed by atoms with Crippen LogP contribution in [0.4, 0.5) is 0 Å². The van der Waals surface area contributed by atoms with Gasteiger partial charge in [0.25, 0.3) is 0 Å². The van der Waals surface area contributed by atoms with Crippen LogP contribution < -0.4 is 0 Å². The van der Waals surface area contributed by atoms with Crippen LogP contribution in [0.1, 0.15) is 17.5 Å². The van der Waals surface area contributed by atoms with E-state index in [1.165, 1.54) is 17.0 Å². The summed E-state index contributed by atoms with van der Waals surface area (Å²) in [6.07, 6.45) is 0.383. The van der Waals surface area contributed by atoms with Crippen molar-refractivity contribution in [3.63, 3.8) is 0 Å². The van der Waals surface area contributed by atoms with E-state index in [2.05, 4.69) is 0 Å². The molecule has 1 aliphatic heterocycles. The van der Waals surface area contributed by atoms with E-state index >= 15 is 0 Å². The Labute approximate surface area is 175 Å². The lowest BCUT2D eigenvalue weighted by Crippen LogP contribution is -2.58. The third-order valence-corrected chi connectivity index (χ3v) is 6.76. The van der Waals surface area contributed by atoms with Crippen LogP contribution in [-0.4, -0.2) is 60.9 Å². The van der Waals surface area contributed by atoms with Gasteiger partial charge in [-0.1, -0.05) is 42.5 Å². The topological polar surface area (TPSA) is 112 Å². The maximum absolute atomic E-state index is 12.9. The SMILES string of the molecule is CS(=O)(=O)c1ccc(CC(=O)N2CC[C@H](O)[C@@](Cc3ccccc3)(C(=O)O)C2)cc1. The maximum Gasteiger partial charge on any atom is 0.314 e. The van der Waals surface area contributed by atoms with Crippen LogP contribution in [0.25, 0.3) is 0 Å². The maximum atomic E-state index is 12.9. The van der Waals surface area contributed by atoms with Gasteiger partial charge in [-0.3, -0.25) is 9.59 Å². The van der Waals surface area contributed by atoms with Gasteiger partial charge in [-0.2, -0.15) is 0 Å². The second kappa shape index (κ2) is 8.57. The smallest absolute Gasteiger partial charge is 0.314 e. The van der Waals surface area contributed by atoms with Gasteiger partial charge in [0.2, 0.25) is 5.91 Å². The van der Waals surface area contributed by atoms with Crippen LogP contribution in [0.2, 0.25) is 0 Å². The third-order valence-electron chi connectivity index (χ3n) is 5.63. The highest BCUT2D eigenvalue weighted by molar-refractivity contribution is 7.90. The molecule has 0 radical (unpaired) electrons. The van der Waals surface area contributed by atoms with Gasteiger partial charge >= 0.3 is 5.97 Å². The molecule has 7 nitrogen and oxygen atoms in total. The number of likely N-dealkylation sites (tertiary alicyclic amines) is 1. The van der Waals surface area contributed by atoms with Crippen molar-refractivity contribution in [2.24, 2.45) is 5.41 Å². The highest BCUT2D eigenvalue weighted by atomic mass is 32.2. The number of benzene rings is 2. The molecule has 2 atom stereocenters. The number of carbonyl (C=O) groups is 2. The van der Waals surface area contributed by atoms with Crippen LogP contribution in [0.15, 0.2) is 59.5 Å². The van der Waals surface area contributed by atoms with Crippen LogP contribution in [-0.2, 0) is 32.3 Å².